The van der Waals surface area contributed by atoms with Crippen molar-refractivity contribution in [3.8, 4) is 0 Å². The Morgan fingerprint density at radius 3 is 2.75 bits per heavy atom. The van der Waals surface area contributed by atoms with Crippen LogP contribution >= 0.6 is 0 Å². The first-order chi connectivity index (χ1) is 7.72. The second-order valence-electron chi connectivity index (χ2n) is 3.45. The Bertz CT molecular complexity index is 545. The number of amides is 1. The standard InChI is InChI=1S/C13H12N2O/c1-2-5-10(13(14)16)12-8-9-6-3-4-7-11(9)15-12/h2-8,15H,1H2,(H2,14,16). The number of benzene rings is 1. The topological polar surface area (TPSA) is 58.9 Å². The SMILES string of the molecule is C=CC=C(C(N)=O)c1cc2ccccc2[nH]1. The van der Waals surface area contributed by atoms with Gasteiger partial charge in [-0.3, -0.25) is 4.79 Å². The third-order valence-corrected chi connectivity index (χ3v) is 2.37. The average molecular weight is 212 g/mol. The van der Waals surface area contributed by atoms with Gasteiger partial charge in [-0.1, -0.05) is 30.9 Å². The third-order valence-electron chi connectivity index (χ3n) is 2.37. The highest BCUT2D eigenvalue weighted by Gasteiger charge is 2.09. The molecule has 3 nitrogen and oxygen atoms in total. The van der Waals surface area contributed by atoms with Crippen LogP contribution in [0.1, 0.15) is 5.69 Å². The molecule has 3 N–H and O–H groups in total. The van der Waals surface area contributed by atoms with Crippen molar-refractivity contribution in [2.75, 3.05) is 0 Å². The van der Waals surface area contributed by atoms with Gasteiger partial charge in [-0.05, 0) is 18.2 Å². The molecule has 16 heavy (non-hydrogen) atoms. The van der Waals surface area contributed by atoms with Crippen LogP contribution in [0.2, 0.25) is 0 Å². The van der Waals surface area contributed by atoms with Crippen LogP contribution in [0.3, 0.4) is 0 Å². The monoisotopic (exact) mass is 212 g/mol. The van der Waals surface area contributed by atoms with Crippen LogP contribution in [-0.4, -0.2) is 10.9 Å². The van der Waals surface area contributed by atoms with Crippen molar-refractivity contribution >= 4 is 22.4 Å². The number of rotatable bonds is 3. The van der Waals surface area contributed by atoms with Crippen LogP contribution in [0.25, 0.3) is 16.5 Å². The summed E-state index contributed by atoms with van der Waals surface area (Å²) in [6, 6.07) is 9.70. The van der Waals surface area contributed by atoms with Crippen molar-refractivity contribution in [3.05, 3.63) is 54.8 Å². The van der Waals surface area contributed by atoms with Gasteiger partial charge in [0, 0.05) is 10.9 Å². The zero-order valence-electron chi connectivity index (χ0n) is 8.73. The van der Waals surface area contributed by atoms with E-state index < -0.39 is 5.91 Å². The lowest BCUT2D eigenvalue weighted by Gasteiger charge is -1.97. The number of aromatic amines is 1. The number of allylic oxidation sites excluding steroid dienone is 2. The highest BCUT2D eigenvalue weighted by atomic mass is 16.1. The summed E-state index contributed by atoms with van der Waals surface area (Å²) >= 11 is 0. The Balaban J connectivity index is 2.58. The molecule has 0 bridgehead atoms. The number of aromatic nitrogens is 1. The lowest BCUT2D eigenvalue weighted by atomic mass is 10.1. The zero-order valence-corrected chi connectivity index (χ0v) is 8.73. The molecule has 0 saturated heterocycles. The Labute approximate surface area is 93.3 Å². The van der Waals surface area contributed by atoms with Gasteiger partial charge in [-0.15, -0.1) is 0 Å². The molecule has 1 aromatic carbocycles. The lowest BCUT2D eigenvalue weighted by Crippen LogP contribution is -2.12. The number of H-pyrrole nitrogens is 1. The van der Waals surface area contributed by atoms with Gasteiger partial charge in [0.15, 0.2) is 0 Å². The molecule has 0 aliphatic heterocycles. The fraction of sp³-hybridized carbons (Fsp3) is 0. The summed E-state index contributed by atoms with van der Waals surface area (Å²) in [6.45, 7) is 3.56. The van der Waals surface area contributed by atoms with Gasteiger partial charge >= 0.3 is 0 Å². The number of nitrogens with one attached hydrogen (secondary N) is 1. The second kappa shape index (κ2) is 4.06. The summed E-state index contributed by atoms with van der Waals surface area (Å²) in [6.07, 6.45) is 3.15. The van der Waals surface area contributed by atoms with E-state index in [1.54, 1.807) is 12.2 Å². The number of hydrogen-bond donors (Lipinski definition) is 2. The minimum Gasteiger partial charge on any atom is -0.366 e. The molecule has 1 heterocycles. The van der Waals surface area contributed by atoms with Crippen LogP contribution in [0.5, 0.6) is 0 Å². The normalized spacial score (nSPS) is 11.6. The van der Waals surface area contributed by atoms with Crippen molar-refractivity contribution in [3.63, 3.8) is 0 Å². The van der Waals surface area contributed by atoms with Crippen molar-refractivity contribution in [2.45, 2.75) is 0 Å². The first-order valence-electron chi connectivity index (χ1n) is 4.93. The van der Waals surface area contributed by atoms with E-state index in [0.717, 1.165) is 10.9 Å². The Morgan fingerprint density at radius 2 is 2.12 bits per heavy atom. The molecule has 0 spiro atoms. The molecule has 80 valence electrons. The van der Waals surface area contributed by atoms with Gasteiger partial charge in [0.1, 0.15) is 0 Å². The maximum absolute atomic E-state index is 11.3. The molecule has 1 aromatic heterocycles. The van der Waals surface area contributed by atoms with Crippen molar-refractivity contribution in [1.82, 2.24) is 4.98 Å². The van der Waals surface area contributed by atoms with Gasteiger partial charge in [0.05, 0.1) is 11.3 Å². The molecule has 0 aliphatic carbocycles. The fourth-order valence-corrected chi connectivity index (χ4v) is 1.64. The molecule has 0 radical (unpaired) electrons. The number of carbonyl (C=O) groups is 1. The highest BCUT2D eigenvalue weighted by Crippen LogP contribution is 2.20. The number of fused-ring (bicyclic) bond motifs is 1. The maximum Gasteiger partial charge on any atom is 0.250 e. The minimum atomic E-state index is -0.466. The van der Waals surface area contributed by atoms with Crippen molar-refractivity contribution in [2.24, 2.45) is 5.73 Å². The smallest absolute Gasteiger partial charge is 0.250 e. The third kappa shape index (κ3) is 1.75. The van der Waals surface area contributed by atoms with E-state index in [9.17, 15) is 4.79 Å². The zero-order chi connectivity index (χ0) is 11.5. The molecule has 0 saturated carbocycles. The van der Waals surface area contributed by atoms with E-state index >= 15 is 0 Å². The van der Waals surface area contributed by atoms with Crippen molar-refractivity contribution in [1.29, 1.82) is 0 Å². The summed E-state index contributed by atoms with van der Waals surface area (Å²) in [7, 11) is 0. The molecule has 2 aromatic rings. The molecule has 0 atom stereocenters. The highest BCUT2D eigenvalue weighted by molar-refractivity contribution is 6.19. The van der Waals surface area contributed by atoms with Gasteiger partial charge < -0.3 is 10.7 Å². The Morgan fingerprint density at radius 1 is 1.38 bits per heavy atom. The van der Waals surface area contributed by atoms with E-state index in [1.165, 1.54) is 0 Å². The molecule has 3 heteroatoms. The quantitative estimate of drug-likeness (QED) is 0.594. The van der Waals surface area contributed by atoms with Crippen LogP contribution < -0.4 is 5.73 Å². The van der Waals surface area contributed by atoms with Crippen LogP contribution in [0.15, 0.2) is 49.1 Å². The van der Waals surface area contributed by atoms with Gasteiger partial charge in [0.2, 0.25) is 0 Å². The summed E-state index contributed by atoms with van der Waals surface area (Å²) in [4.78, 5) is 14.4. The van der Waals surface area contributed by atoms with E-state index in [0.29, 0.717) is 11.3 Å². The van der Waals surface area contributed by atoms with E-state index in [-0.39, 0.29) is 0 Å². The molecule has 0 unspecified atom stereocenters. The number of para-hydroxylation sites is 1. The molecular weight excluding hydrogens is 200 g/mol. The largest absolute Gasteiger partial charge is 0.366 e. The van der Waals surface area contributed by atoms with E-state index in [4.69, 9.17) is 5.73 Å². The number of hydrogen-bond acceptors (Lipinski definition) is 1. The molecule has 2 rings (SSSR count). The number of nitrogens with two attached hydrogens (primary N) is 1. The summed E-state index contributed by atoms with van der Waals surface area (Å²) in [5.74, 6) is -0.466. The van der Waals surface area contributed by atoms with Gasteiger partial charge in [-0.25, -0.2) is 0 Å². The van der Waals surface area contributed by atoms with E-state index in [2.05, 4.69) is 11.6 Å². The predicted molar refractivity (Wildman–Crippen MR) is 65.7 cm³/mol. The fourth-order valence-electron chi connectivity index (χ4n) is 1.64. The minimum absolute atomic E-state index is 0.436. The van der Waals surface area contributed by atoms with Gasteiger partial charge in [-0.2, -0.15) is 0 Å². The maximum atomic E-state index is 11.3. The second-order valence-corrected chi connectivity index (χ2v) is 3.45. The van der Waals surface area contributed by atoms with Crippen LogP contribution in [-0.2, 0) is 4.79 Å². The van der Waals surface area contributed by atoms with Crippen LogP contribution in [0.4, 0.5) is 0 Å². The predicted octanol–water partition coefficient (Wildman–Crippen LogP) is 2.22. The van der Waals surface area contributed by atoms with Crippen LogP contribution in [0, 0.1) is 0 Å². The summed E-state index contributed by atoms with van der Waals surface area (Å²) in [5.41, 5.74) is 7.43. The van der Waals surface area contributed by atoms with E-state index in [1.807, 2.05) is 30.3 Å². The lowest BCUT2D eigenvalue weighted by molar-refractivity contribution is -0.112. The summed E-state index contributed by atoms with van der Waals surface area (Å²) in [5, 5.41) is 1.05. The Kier molecular flexibility index (Phi) is 2.60. The molecule has 1 amide bonds. The average Bonchev–Trinajstić information content (AvgIpc) is 2.68. The number of primary amides is 1. The molecule has 0 aliphatic rings. The first-order valence-corrected chi connectivity index (χ1v) is 4.93. The Hall–Kier alpha value is -2.29. The number of carbonyl (C=O) groups excluding carboxylic acids is 1. The van der Waals surface area contributed by atoms with Gasteiger partial charge in [0.25, 0.3) is 5.91 Å². The molecule has 0 fully saturated rings. The molecular formula is C13H12N2O. The first kappa shape index (κ1) is 10.2. The summed E-state index contributed by atoms with van der Waals surface area (Å²) < 4.78 is 0. The van der Waals surface area contributed by atoms with Crippen molar-refractivity contribution < 1.29 is 4.79 Å².